The molecule has 0 heterocycles. The quantitative estimate of drug-likeness (QED) is 0.684. The van der Waals surface area contributed by atoms with Gasteiger partial charge in [-0.2, -0.15) is 0 Å². The van der Waals surface area contributed by atoms with Gasteiger partial charge in [0, 0.05) is 20.4 Å². The van der Waals surface area contributed by atoms with Crippen LogP contribution >= 0.6 is 47.8 Å². The van der Waals surface area contributed by atoms with Gasteiger partial charge >= 0.3 is 0 Å². The van der Waals surface area contributed by atoms with Crippen LogP contribution in [0.4, 0.5) is 0 Å². The zero-order valence-corrected chi connectivity index (χ0v) is 11.3. The minimum Gasteiger partial charge on any atom is -0.0921 e. The predicted octanol–water partition coefficient (Wildman–Crippen LogP) is 3.95. The third-order valence-corrected chi connectivity index (χ3v) is 5.41. The average Bonchev–Trinajstić information content (AvgIpc) is 1.85. The molecule has 0 aliphatic rings. The minimum absolute atomic E-state index is 0.292. The molecule has 0 amide bonds. The Morgan fingerprint density at radius 3 is 1.50 bits per heavy atom. The second kappa shape index (κ2) is 4.46. The van der Waals surface area contributed by atoms with Crippen molar-refractivity contribution in [2.75, 3.05) is 5.33 Å². The van der Waals surface area contributed by atoms with Crippen LogP contribution in [-0.4, -0.2) is 15.0 Å². The second-order valence-electron chi connectivity index (χ2n) is 2.87. The standard InChI is InChI=1S/C7H13Br3/c1-5(9)7(3,4-8)6(2)10/h5-6H,4H2,1-3H3. The third kappa shape index (κ3) is 2.49. The van der Waals surface area contributed by atoms with Crippen LogP contribution in [0.1, 0.15) is 20.8 Å². The molecule has 0 bridgehead atoms. The minimum atomic E-state index is 0.292. The molecule has 10 heavy (non-hydrogen) atoms. The smallest absolute Gasteiger partial charge is 0.0189 e. The molecule has 2 atom stereocenters. The molecular weight excluding hydrogens is 324 g/mol. The van der Waals surface area contributed by atoms with Crippen LogP contribution in [0.25, 0.3) is 0 Å². The summed E-state index contributed by atoms with van der Waals surface area (Å²) in [6.07, 6.45) is 0. The van der Waals surface area contributed by atoms with E-state index in [1.807, 2.05) is 0 Å². The van der Waals surface area contributed by atoms with Crippen LogP contribution in [0, 0.1) is 5.41 Å². The number of hydrogen-bond donors (Lipinski definition) is 0. The van der Waals surface area contributed by atoms with Gasteiger partial charge in [-0.3, -0.25) is 0 Å². The van der Waals surface area contributed by atoms with Crippen LogP contribution in [0.2, 0.25) is 0 Å². The van der Waals surface area contributed by atoms with Crippen molar-refractivity contribution in [3.63, 3.8) is 0 Å². The van der Waals surface area contributed by atoms with E-state index in [4.69, 9.17) is 0 Å². The SMILES string of the molecule is CC(Br)C(C)(CBr)C(C)Br. The highest BCUT2D eigenvalue weighted by Crippen LogP contribution is 2.36. The van der Waals surface area contributed by atoms with E-state index in [0.29, 0.717) is 15.1 Å². The molecule has 62 valence electrons. The van der Waals surface area contributed by atoms with Crippen LogP contribution in [0.15, 0.2) is 0 Å². The zero-order valence-electron chi connectivity index (χ0n) is 6.50. The van der Waals surface area contributed by atoms with Crippen molar-refractivity contribution in [3.8, 4) is 0 Å². The molecule has 0 aromatic carbocycles. The first-order chi connectivity index (χ1) is 4.45. The summed E-state index contributed by atoms with van der Waals surface area (Å²) in [5, 5.41) is 1.01. The molecule has 3 heteroatoms. The van der Waals surface area contributed by atoms with Crippen LogP contribution < -0.4 is 0 Å². The Balaban J connectivity index is 4.23. The number of rotatable bonds is 3. The monoisotopic (exact) mass is 334 g/mol. The third-order valence-electron chi connectivity index (χ3n) is 2.11. The number of halogens is 3. The van der Waals surface area contributed by atoms with Gasteiger partial charge in [-0.15, -0.1) is 0 Å². The van der Waals surface area contributed by atoms with Crippen LogP contribution in [-0.2, 0) is 0 Å². The lowest BCUT2D eigenvalue weighted by Gasteiger charge is -2.33. The molecule has 0 nitrogen and oxygen atoms in total. The summed E-state index contributed by atoms with van der Waals surface area (Å²) in [6, 6.07) is 0. The first kappa shape index (κ1) is 11.4. The van der Waals surface area contributed by atoms with E-state index in [1.165, 1.54) is 0 Å². The molecule has 0 aliphatic carbocycles. The predicted molar refractivity (Wildman–Crippen MR) is 58.7 cm³/mol. The van der Waals surface area contributed by atoms with Crippen molar-refractivity contribution < 1.29 is 0 Å². The first-order valence-corrected chi connectivity index (χ1v) is 6.24. The molecule has 0 saturated heterocycles. The van der Waals surface area contributed by atoms with E-state index in [2.05, 4.69) is 68.6 Å². The molecule has 0 aromatic rings. The van der Waals surface area contributed by atoms with Gasteiger partial charge in [0.15, 0.2) is 0 Å². The van der Waals surface area contributed by atoms with Crippen LogP contribution in [0.3, 0.4) is 0 Å². The normalized spacial score (nSPS) is 23.4. The highest BCUT2D eigenvalue weighted by atomic mass is 79.9. The highest BCUT2D eigenvalue weighted by Gasteiger charge is 2.32. The van der Waals surface area contributed by atoms with Crippen molar-refractivity contribution in [3.05, 3.63) is 0 Å². The van der Waals surface area contributed by atoms with Gasteiger partial charge in [0.1, 0.15) is 0 Å². The molecule has 0 aliphatic heterocycles. The Bertz CT molecular complexity index is 91.0. The van der Waals surface area contributed by atoms with Gasteiger partial charge in [0.05, 0.1) is 0 Å². The Morgan fingerprint density at radius 1 is 1.20 bits per heavy atom. The largest absolute Gasteiger partial charge is 0.0921 e. The maximum atomic E-state index is 3.60. The molecule has 0 spiro atoms. The number of alkyl halides is 3. The van der Waals surface area contributed by atoms with Crippen molar-refractivity contribution in [1.82, 2.24) is 0 Å². The molecule has 0 rings (SSSR count). The molecule has 0 saturated carbocycles. The molecule has 0 radical (unpaired) electrons. The van der Waals surface area contributed by atoms with E-state index < -0.39 is 0 Å². The lowest BCUT2D eigenvalue weighted by atomic mass is 9.87. The van der Waals surface area contributed by atoms with Crippen molar-refractivity contribution >= 4 is 47.8 Å². The Morgan fingerprint density at radius 2 is 1.50 bits per heavy atom. The Labute approximate surface area is 88.5 Å². The van der Waals surface area contributed by atoms with Gasteiger partial charge in [-0.1, -0.05) is 68.6 Å². The van der Waals surface area contributed by atoms with Gasteiger partial charge in [0.25, 0.3) is 0 Å². The summed E-state index contributed by atoms with van der Waals surface area (Å²) in [6.45, 7) is 6.61. The maximum Gasteiger partial charge on any atom is 0.0189 e. The summed E-state index contributed by atoms with van der Waals surface area (Å²) in [5.41, 5.74) is 0.292. The van der Waals surface area contributed by atoms with Crippen molar-refractivity contribution in [2.24, 2.45) is 5.41 Å². The zero-order chi connectivity index (χ0) is 8.36. The topological polar surface area (TPSA) is 0 Å². The Kier molecular flexibility index (Phi) is 5.10. The molecule has 0 N–H and O–H groups in total. The van der Waals surface area contributed by atoms with E-state index in [-0.39, 0.29) is 0 Å². The van der Waals surface area contributed by atoms with Crippen molar-refractivity contribution in [1.29, 1.82) is 0 Å². The van der Waals surface area contributed by atoms with Crippen LogP contribution in [0.5, 0.6) is 0 Å². The fraction of sp³-hybridized carbons (Fsp3) is 1.00. The summed E-state index contributed by atoms with van der Waals surface area (Å²) >= 11 is 10.7. The molecule has 0 fully saturated rings. The van der Waals surface area contributed by atoms with Crippen molar-refractivity contribution in [2.45, 2.75) is 30.4 Å². The lowest BCUT2D eigenvalue weighted by molar-refractivity contribution is 0.383. The average molecular weight is 337 g/mol. The number of hydrogen-bond acceptors (Lipinski definition) is 0. The fourth-order valence-electron chi connectivity index (χ4n) is 0.529. The van der Waals surface area contributed by atoms with Gasteiger partial charge in [-0.25, -0.2) is 0 Å². The summed E-state index contributed by atoms with van der Waals surface area (Å²) < 4.78 is 0. The Hall–Kier alpha value is 1.44. The molecular formula is C7H13Br3. The fourth-order valence-corrected chi connectivity index (χ4v) is 3.84. The maximum absolute atomic E-state index is 3.60. The second-order valence-corrected chi connectivity index (χ2v) is 6.18. The lowest BCUT2D eigenvalue weighted by Crippen LogP contribution is -2.35. The molecule has 2 unspecified atom stereocenters. The van der Waals surface area contributed by atoms with E-state index in [1.54, 1.807) is 0 Å². The summed E-state index contributed by atoms with van der Waals surface area (Å²) in [5.74, 6) is 0. The van der Waals surface area contributed by atoms with Gasteiger partial charge in [-0.05, 0) is 0 Å². The summed E-state index contributed by atoms with van der Waals surface area (Å²) in [4.78, 5) is 1.04. The van der Waals surface area contributed by atoms with E-state index in [9.17, 15) is 0 Å². The highest BCUT2D eigenvalue weighted by molar-refractivity contribution is 9.10. The van der Waals surface area contributed by atoms with Gasteiger partial charge in [0.2, 0.25) is 0 Å². The van der Waals surface area contributed by atoms with E-state index in [0.717, 1.165) is 5.33 Å². The first-order valence-electron chi connectivity index (χ1n) is 3.29. The van der Waals surface area contributed by atoms with E-state index >= 15 is 0 Å². The summed E-state index contributed by atoms with van der Waals surface area (Å²) in [7, 11) is 0. The molecule has 0 aromatic heterocycles. The van der Waals surface area contributed by atoms with Gasteiger partial charge < -0.3 is 0 Å².